The molecular formula is C22H23NO6S. The Bertz CT molecular complexity index is 943. The van der Waals surface area contributed by atoms with Crippen LogP contribution in [0.4, 0.5) is 0 Å². The molecule has 2 aromatic carbocycles. The molecule has 0 saturated heterocycles. The summed E-state index contributed by atoms with van der Waals surface area (Å²) >= 11 is 1.31. The van der Waals surface area contributed by atoms with Crippen molar-refractivity contribution >= 4 is 29.4 Å². The monoisotopic (exact) mass is 429 g/mol. The maximum atomic E-state index is 12.9. The summed E-state index contributed by atoms with van der Waals surface area (Å²) in [5.74, 6) is -0.233. The summed E-state index contributed by atoms with van der Waals surface area (Å²) in [5, 5.41) is 11.5. The van der Waals surface area contributed by atoms with E-state index >= 15 is 0 Å². The first-order valence-corrected chi connectivity index (χ1v) is 10.5. The Balaban J connectivity index is 1.80. The van der Waals surface area contributed by atoms with Crippen molar-refractivity contribution in [2.24, 2.45) is 0 Å². The summed E-state index contributed by atoms with van der Waals surface area (Å²) in [5.41, 5.74) is 2.49. The molecule has 3 rings (SSSR count). The van der Waals surface area contributed by atoms with Gasteiger partial charge in [0, 0.05) is 29.9 Å². The fraction of sp³-hybridized carbons (Fsp3) is 0.318. The number of hydrogen-bond acceptors (Lipinski definition) is 6. The Morgan fingerprint density at radius 3 is 2.47 bits per heavy atom. The van der Waals surface area contributed by atoms with Crippen molar-refractivity contribution in [3.63, 3.8) is 0 Å². The number of thioether (sulfide) groups is 1. The van der Waals surface area contributed by atoms with Gasteiger partial charge in [0.2, 0.25) is 12.7 Å². The van der Waals surface area contributed by atoms with Gasteiger partial charge < -0.3 is 19.9 Å². The van der Waals surface area contributed by atoms with Gasteiger partial charge in [-0.3, -0.25) is 9.59 Å². The number of carboxylic acid groups (broad SMARTS) is 1. The lowest BCUT2D eigenvalue weighted by molar-refractivity contribution is -0.140. The molecule has 7 nitrogen and oxygen atoms in total. The molecule has 1 aliphatic rings. The van der Waals surface area contributed by atoms with Crippen molar-refractivity contribution in [3.8, 4) is 11.5 Å². The summed E-state index contributed by atoms with van der Waals surface area (Å²) in [6.07, 6.45) is 0.180. The summed E-state index contributed by atoms with van der Waals surface area (Å²) in [4.78, 5) is 35.7. The number of carboxylic acids is 1. The van der Waals surface area contributed by atoms with Crippen LogP contribution >= 0.6 is 11.8 Å². The fourth-order valence-electron chi connectivity index (χ4n) is 3.04. The van der Waals surface area contributed by atoms with Gasteiger partial charge in [0.25, 0.3) is 0 Å². The highest BCUT2D eigenvalue weighted by Crippen LogP contribution is 2.40. The molecule has 0 aliphatic carbocycles. The minimum atomic E-state index is -1.12. The van der Waals surface area contributed by atoms with Crippen molar-refractivity contribution in [2.45, 2.75) is 31.6 Å². The van der Waals surface area contributed by atoms with Gasteiger partial charge in [-0.2, -0.15) is 11.8 Å². The number of hydrogen-bond donors (Lipinski definition) is 2. The first-order valence-electron chi connectivity index (χ1n) is 9.44. The molecular weight excluding hydrogens is 406 g/mol. The molecule has 0 unspecified atom stereocenters. The van der Waals surface area contributed by atoms with E-state index in [4.69, 9.17) is 9.47 Å². The molecule has 2 atom stereocenters. The fourth-order valence-corrected chi connectivity index (χ4v) is 4.30. The number of nitrogens with one attached hydrogen (secondary N) is 1. The maximum Gasteiger partial charge on any atom is 0.327 e. The van der Waals surface area contributed by atoms with Gasteiger partial charge in [0.15, 0.2) is 17.3 Å². The van der Waals surface area contributed by atoms with Crippen LogP contribution < -0.4 is 14.8 Å². The van der Waals surface area contributed by atoms with Gasteiger partial charge in [0.1, 0.15) is 6.04 Å². The highest BCUT2D eigenvalue weighted by molar-refractivity contribution is 7.99. The second-order valence-electron chi connectivity index (χ2n) is 7.02. The van der Waals surface area contributed by atoms with E-state index in [9.17, 15) is 19.5 Å². The third kappa shape index (κ3) is 5.54. The quantitative estimate of drug-likeness (QED) is 0.589. The molecule has 0 fully saturated rings. The lowest BCUT2D eigenvalue weighted by Crippen LogP contribution is -2.41. The molecule has 0 radical (unpaired) electrons. The minimum absolute atomic E-state index is 0.0448. The van der Waals surface area contributed by atoms with E-state index in [0.717, 1.165) is 11.1 Å². The molecule has 0 bridgehead atoms. The summed E-state index contributed by atoms with van der Waals surface area (Å²) in [6.45, 7) is 3.37. The van der Waals surface area contributed by atoms with Crippen LogP contribution in [0, 0.1) is 6.92 Å². The topological polar surface area (TPSA) is 102 Å². The summed E-state index contributed by atoms with van der Waals surface area (Å²) in [6, 6.07) is 11.7. The van der Waals surface area contributed by atoms with E-state index in [1.165, 1.54) is 18.7 Å². The molecule has 0 saturated carbocycles. The second kappa shape index (κ2) is 9.67. The molecule has 0 spiro atoms. The van der Waals surface area contributed by atoms with Crippen LogP contribution in [0.5, 0.6) is 11.5 Å². The second-order valence-corrected chi connectivity index (χ2v) is 8.26. The number of amides is 1. The van der Waals surface area contributed by atoms with Crippen LogP contribution in [-0.2, 0) is 9.59 Å². The smallest absolute Gasteiger partial charge is 0.327 e. The molecule has 2 N–H and O–H groups in total. The third-order valence-corrected chi connectivity index (χ3v) is 6.02. The zero-order valence-electron chi connectivity index (χ0n) is 16.7. The molecule has 8 heteroatoms. The molecule has 1 heterocycles. The summed E-state index contributed by atoms with van der Waals surface area (Å²) < 4.78 is 10.8. The number of benzene rings is 2. The summed E-state index contributed by atoms with van der Waals surface area (Å²) in [7, 11) is 0. The molecule has 1 aliphatic heterocycles. The standard InChI is InChI=1S/C22H23NO6S/c1-13-3-5-15(6-4-13)18(25)10-21(30-11-17(22(26)27)23-14(2)24)16-7-8-19-20(9-16)29-12-28-19/h3-9,17,21H,10-12H2,1-2H3,(H,23,24)(H,26,27)/t17-,21+/m0/s1. The lowest BCUT2D eigenvalue weighted by Gasteiger charge is -2.20. The van der Waals surface area contributed by atoms with E-state index in [1.807, 2.05) is 31.2 Å². The van der Waals surface area contributed by atoms with Gasteiger partial charge in [-0.1, -0.05) is 35.9 Å². The van der Waals surface area contributed by atoms with Gasteiger partial charge in [-0.05, 0) is 24.6 Å². The zero-order chi connectivity index (χ0) is 21.7. The van der Waals surface area contributed by atoms with Gasteiger partial charge in [-0.15, -0.1) is 0 Å². The Labute approximate surface area is 178 Å². The van der Waals surface area contributed by atoms with Crippen LogP contribution in [0.25, 0.3) is 0 Å². The highest BCUT2D eigenvalue weighted by atomic mass is 32.2. The van der Waals surface area contributed by atoms with E-state index in [2.05, 4.69) is 5.32 Å². The number of ketones is 1. The highest BCUT2D eigenvalue weighted by Gasteiger charge is 2.25. The van der Waals surface area contributed by atoms with Crippen LogP contribution in [0.3, 0.4) is 0 Å². The molecule has 2 aromatic rings. The third-order valence-electron chi connectivity index (χ3n) is 4.65. The Morgan fingerprint density at radius 1 is 1.10 bits per heavy atom. The number of rotatable bonds is 9. The van der Waals surface area contributed by atoms with Crippen LogP contribution in [-0.4, -0.2) is 41.4 Å². The SMILES string of the molecule is CC(=O)N[C@@H](CS[C@H](CC(=O)c1ccc(C)cc1)c1ccc2c(c1)OCO2)C(=O)O. The predicted octanol–water partition coefficient (Wildman–Crippen LogP) is 3.36. The van der Waals surface area contributed by atoms with E-state index in [0.29, 0.717) is 17.1 Å². The molecule has 30 heavy (non-hydrogen) atoms. The number of carbonyl (C=O) groups is 3. The number of ether oxygens (including phenoxy) is 2. The predicted molar refractivity (Wildman–Crippen MR) is 113 cm³/mol. The Kier molecular flexibility index (Phi) is 6.99. The molecule has 1 amide bonds. The van der Waals surface area contributed by atoms with Crippen molar-refractivity contribution in [1.29, 1.82) is 0 Å². The van der Waals surface area contributed by atoms with Crippen LogP contribution in [0.1, 0.15) is 40.1 Å². The number of fused-ring (bicyclic) bond motifs is 1. The van der Waals surface area contributed by atoms with Crippen molar-refractivity contribution in [2.75, 3.05) is 12.5 Å². The normalized spacial score (nSPS) is 14.1. The first-order chi connectivity index (χ1) is 14.3. The number of aryl methyl sites for hydroxylation is 1. The zero-order valence-corrected chi connectivity index (χ0v) is 17.5. The largest absolute Gasteiger partial charge is 0.480 e. The van der Waals surface area contributed by atoms with Crippen LogP contribution in [0.2, 0.25) is 0 Å². The number of carbonyl (C=O) groups excluding carboxylic acids is 2. The van der Waals surface area contributed by atoms with E-state index in [-0.39, 0.29) is 30.0 Å². The maximum absolute atomic E-state index is 12.9. The lowest BCUT2D eigenvalue weighted by atomic mass is 10.0. The van der Waals surface area contributed by atoms with Crippen molar-refractivity contribution < 1.29 is 29.0 Å². The average molecular weight is 429 g/mol. The van der Waals surface area contributed by atoms with Gasteiger partial charge >= 0.3 is 5.97 Å². The van der Waals surface area contributed by atoms with Crippen molar-refractivity contribution in [1.82, 2.24) is 5.32 Å². The molecule has 0 aromatic heterocycles. The Morgan fingerprint density at radius 2 is 1.80 bits per heavy atom. The molecule has 158 valence electrons. The number of aliphatic carboxylic acids is 1. The van der Waals surface area contributed by atoms with Gasteiger partial charge in [0.05, 0.1) is 0 Å². The average Bonchev–Trinajstić information content (AvgIpc) is 3.17. The minimum Gasteiger partial charge on any atom is -0.480 e. The van der Waals surface area contributed by atoms with E-state index in [1.54, 1.807) is 18.2 Å². The van der Waals surface area contributed by atoms with Crippen LogP contribution in [0.15, 0.2) is 42.5 Å². The first kappa shape index (κ1) is 21.7. The Hall–Kier alpha value is -3.00. The van der Waals surface area contributed by atoms with Gasteiger partial charge in [-0.25, -0.2) is 4.79 Å². The van der Waals surface area contributed by atoms with E-state index < -0.39 is 17.9 Å². The number of Topliss-reactive ketones (excluding diaryl/α,β-unsaturated/α-hetero) is 1. The van der Waals surface area contributed by atoms with Crippen molar-refractivity contribution in [3.05, 3.63) is 59.2 Å².